The first-order valence-electron chi connectivity index (χ1n) is 9.10. The Hall–Kier alpha value is -1.87. The van der Waals surface area contributed by atoms with Crippen molar-refractivity contribution in [2.75, 3.05) is 44.0 Å². The Bertz CT molecular complexity index is 744. The molecule has 0 aromatic carbocycles. The van der Waals surface area contributed by atoms with Gasteiger partial charge in [0.15, 0.2) is 10.8 Å². The van der Waals surface area contributed by atoms with Gasteiger partial charge in [0.25, 0.3) is 0 Å². The lowest BCUT2D eigenvalue weighted by Gasteiger charge is -2.28. The molecule has 0 atom stereocenters. The number of nitrogens with zero attached hydrogens (tertiary/aromatic N) is 5. The minimum Gasteiger partial charge on any atom is -0.372 e. The van der Waals surface area contributed by atoms with Gasteiger partial charge in [0.1, 0.15) is 12.4 Å². The van der Waals surface area contributed by atoms with E-state index in [1.807, 2.05) is 24.1 Å². The van der Waals surface area contributed by atoms with Crippen molar-refractivity contribution in [1.82, 2.24) is 25.1 Å². The third-order valence-electron chi connectivity index (χ3n) is 4.38. The van der Waals surface area contributed by atoms with Gasteiger partial charge in [0.05, 0.1) is 18.1 Å². The molecule has 2 aromatic heterocycles. The molecule has 1 saturated heterocycles. The zero-order valence-corrected chi connectivity index (χ0v) is 16.2. The van der Waals surface area contributed by atoms with Crippen molar-refractivity contribution >= 4 is 34.5 Å². The second-order valence-corrected chi connectivity index (χ2v) is 6.95. The SMILES string of the molecule is CCOCC(=O)NCCn1ncc2c(N3CCCCC3)nc(SC)nc21. The fourth-order valence-corrected chi connectivity index (χ4v) is 3.43. The molecule has 0 unspecified atom stereocenters. The van der Waals surface area contributed by atoms with Crippen molar-refractivity contribution in [3.8, 4) is 0 Å². The van der Waals surface area contributed by atoms with E-state index in [1.165, 1.54) is 31.0 Å². The Morgan fingerprint density at radius 3 is 2.85 bits per heavy atom. The number of thioether (sulfide) groups is 1. The number of hydrogen-bond donors (Lipinski definition) is 1. The Morgan fingerprint density at radius 2 is 2.12 bits per heavy atom. The normalized spacial score (nSPS) is 14.8. The Morgan fingerprint density at radius 1 is 1.31 bits per heavy atom. The smallest absolute Gasteiger partial charge is 0.246 e. The molecule has 142 valence electrons. The summed E-state index contributed by atoms with van der Waals surface area (Å²) < 4.78 is 6.94. The molecule has 1 aliphatic rings. The van der Waals surface area contributed by atoms with Crippen LogP contribution in [0.3, 0.4) is 0 Å². The van der Waals surface area contributed by atoms with E-state index >= 15 is 0 Å². The topological polar surface area (TPSA) is 85.2 Å². The van der Waals surface area contributed by atoms with Crippen LogP contribution in [0, 0.1) is 0 Å². The first-order chi connectivity index (χ1) is 12.7. The first kappa shape index (κ1) is 18.9. The van der Waals surface area contributed by atoms with E-state index in [0.29, 0.717) is 19.7 Å². The number of ether oxygens (including phenoxy) is 1. The van der Waals surface area contributed by atoms with Crippen LogP contribution in [0.2, 0.25) is 0 Å². The monoisotopic (exact) mass is 378 g/mol. The van der Waals surface area contributed by atoms with Gasteiger partial charge in [0, 0.05) is 26.2 Å². The molecule has 0 radical (unpaired) electrons. The highest BCUT2D eigenvalue weighted by Gasteiger charge is 2.19. The number of carbonyl (C=O) groups excluding carboxylic acids is 1. The summed E-state index contributed by atoms with van der Waals surface area (Å²) in [6, 6.07) is 0. The summed E-state index contributed by atoms with van der Waals surface area (Å²) >= 11 is 1.54. The number of piperidine rings is 1. The van der Waals surface area contributed by atoms with Gasteiger partial charge in [-0.3, -0.25) is 4.79 Å². The summed E-state index contributed by atoms with van der Waals surface area (Å²) in [7, 11) is 0. The third kappa shape index (κ3) is 4.45. The number of anilines is 1. The van der Waals surface area contributed by atoms with E-state index in [1.54, 1.807) is 0 Å². The summed E-state index contributed by atoms with van der Waals surface area (Å²) in [5.41, 5.74) is 0.823. The highest BCUT2D eigenvalue weighted by atomic mass is 32.2. The second kappa shape index (κ2) is 9.18. The van der Waals surface area contributed by atoms with E-state index in [9.17, 15) is 4.79 Å². The van der Waals surface area contributed by atoms with Crippen LogP contribution in [0.25, 0.3) is 11.0 Å². The van der Waals surface area contributed by atoms with Crippen molar-refractivity contribution in [1.29, 1.82) is 0 Å². The molecule has 9 heteroatoms. The largest absolute Gasteiger partial charge is 0.372 e. The number of amides is 1. The summed E-state index contributed by atoms with van der Waals surface area (Å²) in [5, 5.41) is 9.05. The molecule has 1 amide bonds. The van der Waals surface area contributed by atoms with Crippen molar-refractivity contribution in [2.24, 2.45) is 0 Å². The van der Waals surface area contributed by atoms with Gasteiger partial charge in [-0.1, -0.05) is 11.8 Å². The van der Waals surface area contributed by atoms with Gasteiger partial charge >= 0.3 is 0 Å². The molecule has 1 fully saturated rings. The van der Waals surface area contributed by atoms with Gasteiger partial charge in [-0.05, 0) is 32.4 Å². The minimum atomic E-state index is -0.114. The lowest BCUT2D eigenvalue weighted by Crippen LogP contribution is -2.31. The van der Waals surface area contributed by atoms with E-state index in [-0.39, 0.29) is 12.5 Å². The molecule has 8 nitrogen and oxygen atoms in total. The Labute approximate surface area is 157 Å². The molecule has 3 rings (SSSR count). The average Bonchev–Trinajstić information content (AvgIpc) is 3.09. The number of rotatable bonds is 8. The first-order valence-corrected chi connectivity index (χ1v) is 10.3. The van der Waals surface area contributed by atoms with Gasteiger partial charge < -0.3 is 15.0 Å². The molecule has 0 saturated carbocycles. The zero-order valence-electron chi connectivity index (χ0n) is 15.4. The second-order valence-electron chi connectivity index (χ2n) is 6.17. The lowest BCUT2D eigenvalue weighted by atomic mass is 10.1. The summed E-state index contributed by atoms with van der Waals surface area (Å²) in [4.78, 5) is 23.4. The van der Waals surface area contributed by atoms with Gasteiger partial charge in [-0.2, -0.15) is 5.10 Å². The van der Waals surface area contributed by atoms with Crippen molar-refractivity contribution in [2.45, 2.75) is 37.9 Å². The van der Waals surface area contributed by atoms with E-state index in [2.05, 4.69) is 20.3 Å². The van der Waals surface area contributed by atoms with Crippen LogP contribution in [0.15, 0.2) is 11.4 Å². The molecular formula is C17H26N6O2S. The fraction of sp³-hybridized carbons (Fsp3) is 0.647. The molecule has 0 spiro atoms. The Kier molecular flexibility index (Phi) is 6.67. The van der Waals surface area contributed by atoms with E-state index < -0.39 is 0 Å². The van der Waals surface area contributed by atoms with Crippen LogP contribution in [-0.2, 0) is 16.1 Å². The maximum Gasteiger partial charge on any atom is 0.246 e. The van der Waals surface area contributed by atoms with Crippen molar-refractivity contribution < 1.29 is 9.53 Å². The molecule has 1 aliphatic heterocycles. The third-order valence-corrected chi connectivity index (χ3v) is 4.92. The number of hydrogen-bond acceptors (Lipinski definition) is 7. The summed E-state index contributed by atoms with van der Waals surface area (Å²) in [6.07, 6.45) is 7.49. The molecule has 0 bridgehead atoms. The van der Waals surface area contributed by atoms with Crippen molar-refractivity contribution in [3.63, 3.8) is 0 Å². The van der Waals surface area contributed by atoms with Gasteiger partial charge in [-0.25, -0.2) is 14.6 Å². The number of nitrogens with one attached hydrogen (secondary N) is 1. The highest BCUT2D eigenvalue weighted by molar-refractivity contribution is 7.98. The highest BCUT2D eigenvalue weighted by Crippen LogP contribution is 2.28. The van der Waals surface area contributed by atoms with Crippen molar-refractivity contribution in [3.05, 3.63) is 6.20 Å². The predicted octanol–water partition coefficient (Wildman–Crippen LogP) is 1.69. The minimum absolute atomic E-state index is 0.0915. The van der Waals surface area contributed by atoms with Crippen LogP contribution in [0.5, 0.6) is 0 Å². The van der Waals surface area contributed by atoms with Gasteiger partial charge in [-0.15, -0.1) is 0 Å². The van der Waals surface area contributed by atoms with Crippen LogP contribution in [-0.4, -0.2) is 64.8 Å². The van der Waals surface area contributed by atoms with Gasteiger partial charge in [0.2, 0.25) is 5.91 Å². The summed E-state index contributed by atoms with van der Waals surface area (Å²) in [6.45, 7) is 5.59. The van der Waals surface area contributed by atoms with Crippen LogP contribution in [0.4, 0.5) is 5.82 Å². The molecular weight excluding hydrogens is 352 g/mol. The molecule has 2 aromatic rings. The standard InChI is InChI=1S/C17H26N6O2S/c1-3-25-12-14(24)18-7-10-23-16-13(11-19-23)15(20-17(21-16)26-2)22-8-5-4-6-9-22/h11H,3-10,12H2,1-2H3,(H,18,24). The Balaban J connectivity index is 1.76. The quantitative estimate of drug-likeness (QED) is 0.553. The number of aromatic nitrogens is 4. The lowest BCUT2D eigenvalue weighted by molar-refractivity contribution is -0.125. The average molecular weight is 379 g/mol. The maximum absolute atomic E-state index is 11.7. The fourth-order valence-electron chi connectivity index (χ4n) is 3.07. The maximum atomic E-state index is 11.7. The molecule has 0 aliphatic carbocycles. The number of fused-ring (bicyclic) bond motifs is 1. The summed E-state index contributed by atoms with van der Waals surface area (Å²) in [5.74, 6) is 0.863. The van der Waals surface area contributed by atoms with Crippen LogP contribution >= 0.6 is 11.8 Å². The van der Waals surface area contributed by atoms with Crippen LogP contribution in [0.1, 0.15) is 26.2 Å². The van der Waals surface area contributed by atoms with E-state index in [4.69, 9.17) is 9.72 Å². The zero-order chi connectivity index (χ0) is 18.4. The number of carbonyl (C=O) groups is 1. The molecule has 26 heavy (non-hydrogen) atoms. The molecule has 1 N–H and O–H groups in total. The predicted molar refractivity (Wildman–Crippen MR) is 103 cm³/mol. The van der Waals surface area contributed by atoms with Crippen LogP contribution < -0.4 is 10.2 Å². The molecule has 3 heterocycles. The van der Waals surface area contributed by atoms with E-state index in [0.717, 1.165) is 35.1 Å².